The molecule has 0 spiro atoms. The number of amides is 2. The lowest BCUT2D eigenvalue weighted by Gasteiger charge is -2.31. The highest BCUT2D eigenvalue weighted by Crippen LogP contribution is 2.15. The van der Waals surface area contributed by atoms with Gasteiger partial charge in [0.05, 0.1) is 13.0 Å². The summed E-state index contributed by atoms with van der Waals surface area (Å²) in [7, 11) is 0. The number of carbonyl (C=O) groups excluding carboxylic acids is 2. The smallest absolute Gasteiger partial charge is 0.241 e. The number of nitrogens with zero attached hydrogens (tertiary/aromatic N) is 1. The van der Waals surface area contributed by atoms with E-state index < -0.39 is 0 Å². The van der Waals surface area contributed by atoms with Crippen LogP contribution >= 0.6 is 0 Å². The Morgan fingerprint density at radius 2 is 2.05 bits per heavy atom. The van der Waals surface area contributed by atoms with E-state index in [1.165, 1.54) is 6.42 Å². The van der Waals surface area contributed by atoms with Crippen LogP contribution in [0.2, 0.25) is 0 Å². The van der Waals surface area contributed by atoms with Crippen molar-refractivity contribution >= 4 is 11.8 Å². The van der Waals surface area contributed by atoms with Crippen molar-refractivity contribution in [2.24, 2.45) is 5.92 Å². The van der Waals surface area contributed by atoms with Gasteiger partial charge < -0.3 is 10.2 Å². The SMILES string of the molecule is C[C@H]1CCCN(C(=O)CNC(=O)Cc2ccccc2)C1. The van der Waals surface area contributed by atoms with E-state index in [1.807, 2.05) is 35.2 Å². The largest absolute Gasteiger partial charge is 0.347 e. The number of hydrogen-bond donors (Lipinski definition) is 1. The zero-order valence-corrected chi connectivity index (χ0v) is 12.0. The molecule has 1 aliphatic rings. The van der Waals surface area contributed by atoms with Crippen LogP contribution in [0.1, 0.15) is 25.3 Å². The Balaban J connectivity index is 1.74. The Bertz CT molecular complexity index is 459. The molecule has 0 saturated carbocycles. The highest BCUT2D eigenvalue weighted by Gasteiger charge is 2.20. The van der Waals surface area contributed by atoms with E-state index in [-0.39, 0.29) is 18.4 Å². The van der Waals surface area contributed by atoms with Crippen LogP contribution in [-0.2, 0) is 16.0 Å². The van der Waals surface area contributed by atoms with Crippen LogP contribution in [0.3, 0.4) is 0 Å². The molecule has 0 unspecified atom stereocenters. The van der Waals surface area contributed by atoms with Crippen molar-refractivity contribution in [1.29, 1.82) is 0 Å². The Hall–Kier alpha value is -1.84. The summed E-state index contributed by atoms with van der Waals surface area (Å²) in [6, 6.07) is 9.55. The maximum absolute atomic E-state index is 12.0. The summed E-state index contributed by atoms with van der Waals surface area (Å²) in [6.07, 6.45) is 2.57. The van der Waals surface area contributed by atoms with Crippen molar-refractivity contribution in [2.75, 3.05) is 19.6 Å². The molecule has 4 heteroatoms. The zero-order chi connectivity index (χ0) is 14.4. The molecule has 4 nitrogen and oxygen atoms in total. The Kier molecular flexibility index (Phi) is 5.16. The molecule has 0 bridgehead atoms. The number of hydrogen-bond acceptors (Lipinski definition) is 2. The van der Waals surface area contributed by atoms with E-state index in [0.29, 0.717) is 12.3 Å². The molecule has 1 aliphatic heterocycles. The monoisotopic (exact) mass is 274 g/mol. The van der Waals surface area contributed by atoms with Gasteiger partial charge in [0.2, 0.25) is 11.8 Å². The summed E-state index contributed by atoms with van der Waals surface area (Å²) in [6.45, 7) is 3.90. The van der Waals surface area contributed by atoms with Gasteiger partial charge >= 0.3 is 0 Å². The van der Waals surface area contributed by atoms with Gasteiger partial charge in [0, 0.05) is 13.1 Å². The Morgan fingerprint density at radius 3 is 2.75 bits per heavy atom. The van der Waals surface area contributed by atoms with Crippen molar-refractivity contribution in [3.63, 3.8) is 0 Å². The molecule has 1 fully saturated rings. The Morgan fingerprint density at radius 1 is 1.30 bits per heavy atom. The minimum Gasteiger partial charge on any atom is -0.347 e. The standard InChI is InChI=1S/C16H22N2O2/c1-13-6-5-9-18(12-13)16(20)11-17-15(19)10-14-7-3-2-4-8-14/h2-4,7-8,13H,5-6,9-12H2,1H3,(H,17,19)/t13-/m0/s1. The second-order valence-corrected chi connectivity index (χ2v) is 5.53. The van der Waals surface area contributed by atoms with E-state index in [2.05, 4.69) is 12.2 Å². The number of rotatable bonds is 4. The molecule has 1 heterocycles. The number of piperidine rings is 1. The van der Waals surface area contributed by atoms with Crippen LogP contribution < -0.4 is 5.32 Å². The average Bonchev–Trinajstić information content (AvgIpc) is 2.46. The third-order valence-corrected chi connectivity index (χ3v) is 3.65. The van der Waals surface area contributed by atoms with Crippen molar-refractivity contribution in [3.8, 4) is 0 Å². The molecular formula is C16H22N2O2. The van der Waals surface area contributed by atoms with Gasteiger partial charge in [0.1, 0.15) is 0 Å². The normalized spacial score (nSPS) is 18.6. The second-order valence-electron chi connectivity index (χ2n) is 5.53. The van der Waals surface area contributed by atoms with E-state index >= 15 is 0 Å². The van der Waals surface area contributed by atoms with Gasteiger partial charge in [-0.3, -0.25) is 9.59 Å². The summed E-state index contributed by atoms with van der Waals surface area (Å²) in [5.74, 6) is 0.486. The molecule has 0 aliphatic carbocycles. The summed E-state index contributed by atoms with van der Waals surface area (Å²) in [4.78, 5) is 25.7. The molecule has 0 aromatic heterocycles. The predicted molar refractivity (Wildman–Crippen MR) is 78.1 cm³/mol. The van der Waals surface area contributed by atoms with Crippen LogP contribution in [0.15, 0.2) is 30.3 Å². The van der Waals surface area contributed by atoms with Gasteiger partial charge in [-0.1, -0.05) is 37.3 Å². The van der Waals surface area contributed by atoms with Gasteiger partial charge in [-0.15, -0.1) is 0 Å². The average molecular weight is 274 g/mol. The molecule has 2 amide bonds. The minimum atomic E-state index is -0.102. The van der Waals surface area contributed by atoms with Crippen LogP contribution in [0.5, 0.6) is 0 Å². The fraction of sp³-hybridized carbons (Fsp3) is 0.500. The Labute approximate surface area is 120 Å². The minimum absolute atomic E-state index is 0.0259. The molecule has 1 N–H and O–H groups in total. The van der Waals surface area contributed by atoms with E-state index in [1.54, 1.807) is 0 Å². The molecule has 2 rings (SSSR count). The number of nitrogens with one attached hydrogen (secondary N) is 1. The zero-order valence-electron chi connectivity index (χ0n) is 12.0. The van der Waals surface area contributed by atoms with Gasteiger partial charge in [-0.25, -0.2) is 0 Å². The quantitative estimate of drug-likeness (QED) is 0.906. The first-order chi connectivity index (χ1) is 9.65. The molecule has 108 valence electrons. The molecular weight excluding hydrogens is 252 g/mol. The van der Waals surface area contributed by atoms with Gasteiger partial charge in [0.15, 0.2) is 0 Å². The molecule has 20 heavy (non-hydrogen) atoms. The van der Waals surface area contributed by atoms with Crippen molar-refractivity contribution in [3.05, 3.63) is 35.9 Å². The highest BCUT2D eigenvalue weighted by atomic mass is 16.2. The summed E-state index contributed by atoms with van der Waals surface area (Å²) >= 11 is 0. The third-order valence-electron chi connectivity index (χ3n) is 3.65. The van der Waals surface area contributed by atoms with Crippen molar-refractivity contribution in [2.45, 2.75) is 26.2 Å². The maximum Gasteiger partial charge on any atom is 0.241 e. The lowest BCUT2D eigenvalue weighted by Crippen LogP contribution is -2.44. The van der Waals surface area contributed by atoms with Crippen molar-refractivity contribution in [1.82, 2.24) is 10.2 Å². The third kappa shape index (κ3) is 4.37. The molecule has 0 radical (unpaired) electrons. The first-order valence-corrected chi connectivity index (χ1v) is 7.23. The molecule has 1 aromatic rings. The highest BCUT2D eigenvalue weighted by molar-refractivity contribution is 5.85. The van der Waals surface area contributed by atoms with E-state index in [9.17, 15) is 9.59 Å². The van der Waals surface area contributed by atoms with E-state index in [0.717, 1.165) is 25.1 Å². The summed E-state index contributed by atoms with van der Waals surface area (Å²) in [5.41, 5.74) is 0.962. The van der Waals surface area contributed by atoms with Crippen molar-refractivity contribution < 1.29 is 9.59 Å². The van der Waals surface area contributed by atoms with Crippen LogP contribution in [0.25, 0.3) is 0 Å². The number of carbonyl (C=O) groups is 2. The molecule has 1 saturated heterocycles. The second kappa shape index (κ2) is 7.08. The lowest BCUT2D eigenvalue weighted by atomic mass is 10.0. The summed E-state index contributed by atoms with van der Waals surface area (Å²) < 4.78 is 0. The van der Waals surface area contributed by atoms with Crippen LogP contribution in [-0.4, -0.2) is 36.3 Å². The van der Waals surface area contributed by atoms with Crippen LogP contribution in [0.4, 0.5) is 0 Å². The molecule has 1 aromatic carbocycles. The summed E-state index contributed by atoms with van der Waals surface area (Å²) in [5, 5.41) is 2.71. The lowest BCUT2D eigenvalue weighted by molar-refractivity contribution is -0.134. The van der Waals surface area contributed by atoms with Crippen LogP contribution in [0, 0.1) is 5.92 Å². The number of likely N-dealkylation sites (tertiary alicyclic amines) is 1. The topological polar surface area (TPSA) is 49.4 Å². The molecule has 1 atom stereocenters. The van der Waals surface area contributed by atoms with Gasteiger partial charge in [-0.2, -0.15) is 0 Å². The fourth-order valence-corrected chi connectivity index (χ4v) is 2.55. The van der Waals surface area contributed by atoms with Gasteiger partial charge in [-0.05, 0) is 24.3 Å². The number of benzene rings is 1. The first-order valence-electron chi connectivity index (χ1n) is 7.23. The maximum atomic E-state index is 12.0. The van der Waals surface area contributed by atoms with Gasteiger partial charge in [0.25, 0.3) is 0 Å². The first kappa shape index (κ1) is 14.6. The predicted octanol–water partition coefficient (Wildman–Crippen LogP) is 1.60. The van der Waals surface area contributed by atoms with E-state index in [4.69, 9.17) is 0 Å². The fourth-order valence-electron chi connectivity index (χ4n) is 2.55.